The molecule has 0 amide bonds. The van der Waals surface area contributed by atoms with Gasteiger partial charge in [0, 0.05) is 6.42 Å². The molecule has 0 fully saturated rings. The minimum absolute atomic E-state index is 0.125. The summed E-state index contributed by atoms with van der Waals surface area (Å²) in [6.07, 6.45) is 4.53. The Morgan fingerprint density at radius 1 is 1.53 bits per heavy atom. The van der Waals surface area contributed by atoms with Crippen molar-refractivity contribution >= 4 is 5.78 Å². The summed E-state index contributed by atoms with van der Waals surface area (Å²) < 4.78 is 4.88. The van der Waals surface area contributed by atoms with Gasteiger partial charge >= 0.3 is 0 Å². The quantitative estimate of drug-likeness (QED) is 0.732. The number of hydrogen-bond acceptors (Lipinski definition) is 3. The number of Topliss-reactive ketones (excluding diaryl/α,β-unsaturated/α-hetero) is 1. The lowest BCUT2D eigenvalue weighted by Gasteiger charge is -2.15. The molecule has 0 aliphatic carbocycles. The third-order valence-corrected chi connectivity index (χ3v) is 2.46. The predicted molar refractivity (Wildman–Crippen MR) is 59.7 cm³/mol. The Bertz CT molecular complexity index is 291. The van der Waals surface area contributed by atoms with E-state index in [1.807, 2.05) is 0 Å². The summed E-state index contributed by atoms with van der Waals surface area (Å²) in [7, 11) is 0. The van der Waals surface area contributed by atoms with Crippen molar-refractivity contribution in [1.82, 2.24) is 0 Å². The van der Waals surface area contributed by atoms with Crippen LogP contribution in [0.5, 0.6) is 0 Å². The number of ketones is 1. The lowest BCUT2D eigenvalue weighted by atomic mass is 9.91. The van der Waals surface area contributed by atoms with E-state index in [4.69, 9.17) is 10.2 Å². The molecule has 2 N–H and O–H groups in total. The van der Waals surface area contributed by atoms with Crippen molar-refractivity contribution in [3.05, 3.63) is 24.2 Å². The summed E-state index contributed by atoms with van der Waals surface area (Å²) in [4.78, 5) is 11.7. The first-order valence-corrected chi connectivity index (χ1v) is 5.39. The van der Waals surface area contributed by atoms with Gasteiger partial charge in [-0.05, 0) is 30.9 Å². The molecule has 0 aliphatic heterocycles. The van der Waals surface area contributed by atoms with Crippen molar-refractivity contribution in [2.75, 3.05) is 6.54 Å². The number of hydrogen-bond donors (Lipinski definition) is 1. The highest BCUT2D eigenvalue weighted by Crippen LogP contribution is 2.17. The molecule has 84 valence electrons. The Hall–Kier alpha value is -1.09. The van der Waals surface area contributed by atoms with Crippen LogP contribution in [-0.2, 0) is 0 Å². The van der Waals surface area contributed by atoms with Crippen LogP contribution in [-0.4, -0.2) is 12.3 Å². The van der Waals surface area contributed by atoms with Gasteiger partial charge in [-0.1, -0.05) is 13.8 Å². The minimum Gasteiger partial charge on any atom is -0.472 e. The van der Waals surface area contributed by atoms with Gasteiger partial charge in [0.05, 0.1) is 11.8 Å². The first-order valence-electron chi connectivity index (χ1n) is 5.39. The van der Waals surface area contributed by atoms with Crippen LogP contribution >= 0.6 is 0 Å². The average Bonchev–Trinajstić information content (AvgIpc) is 2.68. The zero-order valence-electron chi connectivity index (χ0n) is 9.40. The van der Waals surface area contributed by atoms with E-state index in [0.717, 1.165) is 6.42 Å². The van der Waals surface area contributed by atoms with E-state index in [1.54, 1.807) is 6.07 Å². The number of carbonyl (C=O) groups is 1. The lowest BCUT2D eigenvalue weighted by Crippen LogP contribution is -2.19. The Balaban J connectivity index is 2.48. The van der Waals surface area contributed by atoms with E-state index in [0.29, 0.717) is 24.4 Å². The van der Waals surface area contributed by atoms with Crippen molar-refractivity contribution in [3.63, 3.8) is 0 Å². The van der Waals surface area contributed by atoms with Crippen LogP contribution in [0.2, 0.25) is 0 Å². The molecular weight excluding hydrogens is 190 g/mol. The molecule has 0 saturated heterocycles. The third-order valence-electron chi connectivity index (χ3n) is 2.46. The standard InChI is InChI=1S/C12H19NO2/c1-9(2)5-10(7-13)6-12(14)11-3-4-15-8-11/h3-4,8-10H,5-7,13H2,1-2H3. The molecule has 1 heterocycles. The number of rotatable bonds is 6. The van der Waals surface area contributed by atoms with Crippen LogP contribution in [0.4, 0.5) is 0 Å². The summed E-state index contributed by atoms with van der Waals surface area (Å²) in [6.45, 7) is 4.86. The number of furan rings is 1. The number of carbonyl (C=O) groups excluding carboxylic acids is 1. The Kier molecular flexibility index (Phi) is 4.56. The van der Waals surface area contributed by atoms with Crippen LogP contribution in [0.25, 0.3) is 0 Å². The van der Waals surface area contributed by atoms with Crippen molar-refractivity contribution in [3.8, 4) is 0 Å². The first-order chi connectivity index (χ1) is 7.13. The van der Waals surface area contributed by atoms with Crippen molar-refractivity contribution < 1.29 is 9.21 Å². The number of nitrogens with two attached hydrogens (primary N) is 1. The van der Waals surface area contributed by atoms with Crippen molar-refractivity contribution in [2.24, 2.45) is 17.6 Å². The molecular formula is C12H19NO2. The topological polar surface area (TPSA) is 56.2 Å². The average molecular weight is 209 g/mol. The van der Waals surface area contributed by atoms with E-state index in [-0.39, 0.29) is 11.7 Å². The van der Waals surface area contributed by atoms with Gasteiger partial charge in [-0.25, -0.2) is 0 Å². The molecule has 1 aromatic rings. The zero-order valence-corrected chi connectivity index (χ0v) is 9.40. The van der Waals surface area contributed by atoms with Gasteiger partial charge in [-0.3, -0.25) is 4.79 Å². The van der Waals surface area contributed by atoms with Crippen LogP contribution in [0, 0.1) is 11.8 Å². The molecule has 3 nitrogen and oxygen atoms in total. The van der Waals surface area contributed by atoms with Gasteiger partial charge < -0.3 is 10.2 Å². The molecule has 0 aliphatic rings. The highest BCUT2D eigenvalue weighted by molar-refractivity contribution is 5.95. The Labute approximate surface area is 90.6 Å². The van der Waals surface area contributed by atoms with E-state index in [1.165, 1.54) is 12.5 Å². The predicted octanol–water partition coefficient (Wildman–Crippen LogP) is 2.47. The van der Waals surface area contributed by atoms with Gasteiger partial charge in [0.1, 0.15) is 6.26 Å². The fourth-order valence-corrected chi connectivity index (χ4v) is 1.73. The second kappa shape index (κ2) is 5.71. The molecule has 1 aromatic heterocycles. The molecule has 1 rings (SSSR count). The third kappa shape index (κ3) is 3.88. The van der Waals surface area contributed by atoms with Crippen LogP contribution < -0.4 is 5.73 Å². The van der Waals surface area contributed by atoms with Gasteiger partial charge in [-0.15, -0.1) is 0 Å². The second-order valence-electron chi connectivity index (χ2n) is 4.37. The van der Waals surface area contributed by atoms with E-state index >= 15 is 0 Å². The Morgan fingerprint density at radius 3 is 2.73 bits per heavy atom. The fourth-order valence-electron chi connectivity index (χ4n) is 1.73. The van der Waals surface area contributed by atoms with Crippen molar-refractivity contribution in [2.45, 2.75) is 26.7 Å². The van der Waals surface area contributed by atoms with Crippen molar-refractivity contribution in [1.29, 1.82) is 0 Å². The summed E-state index contributed by atoms with van der Waals surface area (Å²) in [5.74, 6) is 0.989. The molecule has 3 heteroatoms. The first kappa shape index (κ1) is 12.0. The smallest absolute Gasteiger partial charge is 0.166 e. The molecule has 15 heavy (non-hydrogen) atoms. The van der Waals surface area contributed by atoms with Gasteiger partial charge in [-0.2, -0.15) is 0 Å². The highest BCUT2D eigenvalue weighted by atomic mass is 16.3. The molecule has 0 bridgehead atoms. The summed E-state index contributed by atoms with van der Waals surface area (Å²) >= 11 is 0. The molecule has 0 saturated carbocycles. The molecule has 0 aromatic carbocycles. The van der Waals surface area contributed by atoms with E-state index < -0.39 is 0 Å². The SMILES string of the molecule is CC(C)CC(CN)CC(=O)c1ccoc1. The van der Waals surface area contributed by atoms with Crippen LogP contribution in [0.15, 0.2) is 23.0 Å². The molecule has 1 atom stereocenters. The van der Waals surface area contributed by atoms with E-state index in [2.05, 4.69) is 13.8 Å². The fraction of sp³-hybridized carbons (Fsp3) is 0.583. The summed E-state index contributed by atoms with van der Waals surface area (Å²) in [5.41, 5.74) is 6.30. The maximum atomic E-state index is 11.7. The Morgan fingerprint density at radius 2 is 2.27 bits per heavy atom. The second-order valence-corrected chi connectivity index (χ2v) is 4.37. The summed E-state index contributed by atoms with van der Waals surface area (Å²) in [6, 6.07) is 1.70. The summed E-state index contributed by atoms with van der Waals surface area (Å²) in [5, 5.41) is 0. The van der Waals surface area contributed by atoms with Gasteiger partial charge in [0.2, 0.25) is 0 Å². The largest absolute Gasteiger partial charge is 0.472 e. The highest BCUT2D eigenvalue weighted by Gasteiger charge is 2.15. The molecule has 0 spiro atoms. The normalized spacial score (nSPS) is 13.1. The van der Waals surface area contributed by atoms with Crippen LogP contribution in [0.3, 0.4) is 0 Å². The monoisotopic (exact) mass is 209 g/mol. The van der Waals surface area contributed by atoms with Crippen LogP contribution in [0.1, 0.15) is 37.0 Å². The van der Waals surface area contributed by atoms with Gasteiger partial charge in [0.15, 0.2) is 5.78 Å². The molecule has 1 unspecified atom stereocenters. The van der Waals surface area contributed by atoms with Gasteiger partial charge in [0.25, 0.3) is 0 Å². The zero-order chi connectivity index (χ0) is 11.3. The van der Waals surface area contributed by atoms with E-state index in [9.17, 15) is 4.79 Å². The lowest BCUT2D eigenvalue weighted by molar-refractivity contribution is 0.0957. The maximum absolute atomic E-state index is 11.7. The maximum Gasteiger partial charge on any atom is 0.166 e. The molecule has 0 radical (unpaired) electrons. The minimum atomic E-state index is 0.125.